The summed E-state index contributed by atoms with van der Waals surface area (Å²) in [5.74, 6) is -0.437. The molecule has 0 fully saturated rings. The third-order valence-corrected chi connectivity index (χ3v) is 3.13. The van der Waals surface area contributed by atoms with Crippen LogP contribution in [0.1, 0.15) is 28.4 Å². The summed E-state index contributed by atoms with van der Waals surface area (Å²) in [4.78, 5) is 23.2. The van der Waals surface area contributed by atoms with Crippen molar-refractivity contribution in [1.82, 2.24) is 20.4 Å². The van der Waals surface area contributed by atoms with E-state index in [9.17, 15) is 9.59 Å². The van der Waals surface area contributed by atoms with Crippen molar-refractivity contribution in [3.8, 4) is 0 Å². The van der Waals surface area contributed by atoms with Crippen molar-refractivity contribution in [3.05, 3.63) is 41.6 Å². The maximum absolute atomic E-state index is 11.6. The Balaban J connectivity index is 1.62. The van der Waals surface area contributed by atoms with Gasteiger partial charge in [-0.3, -0.25) is 14.3 Å². The average Bonchev–Trinajstić information content (AvgIpc) is 3.11. The van der Waals surface area contributed by atoms with Crippen molar-refractivity contribution in [3.63, 3.8) is 0 Å². The lowest BCUT2D eigenvalue weighted by atomic mass is 10.3. The predicted molar refractivity (Wildman–Crippen MR) is 80.4 cm³/mol. The van der Waals surface area contributed by atoms with Crippen LogP contribution in [0.3, 0.4) is 0 Å². The van der Waals surface area contributed by atoms with Crippen molar-refractivity contribution in [2.24, 2.45) is 0 Å². The van der Waals surface area contributed by atoms with Gasteiger partial charge in [0.05, 0.1) is 18.5 Å². The highest BCUT2D eigenvalue weighted by Gasteiger charge is 2.09. The first-order chi connectivity index (χ1) is 10.6. The number of aryl methyl sites for hydroxylation is 3. The Labute approximate surface area is 128 Å². The first kappa shape index (κ1) is 15.8. The standard InChI is InChI=1S/C15H20N4O3/c1-11-9-12(2)19(18-11)7-4-6-16-14(20)10-17-15(21)13-5-3-8-22-13/h3,5,8-9H,4,6-7,10H2,1-2H3,(H,16,20)(H,17,21). The summed E-state index contributed by atoms with van der Waals surface area (Å²) in [6.07, 6.45) is 2.19. The van der Waals surface area contributed by atoms with Crippen molar-refractivity contribution in [1.29, 1.82) is 0 Å². The minimum absolute atomic E-state index is 0.0700. The van der Waals surface area contributed by atoms with Gasteiger partial charge in [0.1, 0.15) is 0 Å². The van der Waals surface area contributed by atoms with Gasteiger partial charge in [0.25, 0.3) is 5.91 Å². The molecule has 2 aromatic heterocycles. The minimum Gasteiger partial charge on any atom is -0.459 e. The number of carbonyl (C=O) groups is 2. The number of hydrogen-bond donors (Lipinski definition) is 2. The van der Waals surface area contributed by atoms with Crippen LogP contribution < -0.4 is 10.6 Å². The minimum atomic E-state index is -0.400. The van der Waals surface area contributed by atoms with Crippen molar-refractivity contribution in [2.75, 3.05) is 13.1 Å². The van der Waals surface area contributed by atoms with Gasteiger partial charge in [0, 0.05) is 18.8 Å². The van der Waals surface area contributed by atoms with E-state index in [0.29, 0.717) is 6.54 Å². The van der Waals surface area contributed by atoms with Crippen LogP contribution in [0.25, 0.3) is 0 Å². The number of nitrogens with zero attached hydrogens (tertiary/aromatic N) is 2. The number of nitrogens with one attached hydrogen (secondary N) is 2. The molecule has 0 aliphatic rings. The van der Waals surface area contributed by atoms with Gasteiger partial charge < -0.3 is 15.1 Å². The van der Waals surface area contributed by atoms with Gasteiger partial charge in [-0.25, -0.2) is 0 Å². The summed E-state index contributed by atoms with van der Waals surface area (Å²) in [7, 11) is 0. The zero-order chi connectivity index (χ0) is 15.9. The Morgan fingerprint density at radius 3 is 2.77 bits per heavy atom. The molecule has 2 N–H and O–H groups in total. The number of furan rings is 1. The molecule has 0 saturated heterocycles. The molecule has 0 saturated carbocycles. The molecule has 0 spiro atoms. The largest absolute Gasteiger partial charge is 0.459 e. The van der Waals surface area contributed by atoms with Crippen molar-refractivity contribution in [2.45, 2.75) is 26.8 Å². The molecule has 0 aromatic carbocycles. The Hall–Kier alpha value is -2.57. The number of hydrogen-bond acceptors (Lipinski definition) is 4. The summed E-state index contributed by atoms with van der Waals surface area (Å²) in [5.41, 5.74) is 2.09. The van der Waals surface area contributed by atoms with E-state index in [0.717, 1.165) is 24.4 Å². The lowest BCUT2D eigenvalue weighted by molar-refractivity contribution is -0.120. The first-order valence-electron chi connectivity index (χ1n) is 7.15. The monoisotopic (exact) mass is 304 g/mol. The summed E-state index contributed by atoms with van der Waals surface area (Å²) in [6, 6.07) is 5.18. The summed E-state index contributed by atoms with van der Waals surface area (Å²) >= 11 is 0. The van der Waals surface area contributed by atoms with Crippen LogP contribution in [0.4, 0.5) is 0 Å². The molecule has 2 heterocycles. The van der Waals surface area contributed by atoms with E-state index in [1.165, 1.54) is 6.26 Å². The Bertz CT molecular complexity index is 631. The fourth-order valence-electron chi connectivity index (χ4n) is 2.08. The molecule has 2 amide bonds. The molecule has 7 nitrogen and oxygen atoms in total. The second-order valence-electron chi connectivity index (χ2n) is 5.01. The van der Waals surface area contributed by atoms with Crippen LogP contribution in [0.5, 0.6) is 0 Å². The molecule has 118 valence electrons. The topological polar surface area (TPSA) is 89.2 Å². The second kappa shape index (κ2) is 7.44. The Kier molecular flexibility index (Phi) is 5.35. The first-order valence-corrected chi connectivity index (χ1v) is 7.15. The zero-order valence-corrected chi connectivity index (χ0v) is 12.8. The molecule has 22 heavy (non-hydrogen) atoms. The van der Waals surface area contributed by atoms with Crippen molar-refractivity contribution >= 4 is 11.8 Å². The molecule has 2 aromatic rings. The van der Waals surface area contributed by atoms with Gasteiger partial charge in [-0.15, -0.1) is 0 Å². The average molecular weight is 304 g/mol. The van der Waals surface area contributed by atoms with Crippen LogP contribution in [0.2, 0.25) is 0 Å². The van der Waals surface area contributed by atoms with Gasteiger partial charge >= 0.3 is 0 Å². The molecule has 7 heteroatoms. The Morgan fingerprint density at radius 1 is 1.32 bits per heavy atom. The maximum Gasteiger partial charge on any atom is 0.287 e. The lowest BCUT2D eigenvalue weighted by Crippen LogP contribution is -2.37. The van der Waals surface area contributed by atoms with E-state index in [1.54, 1.807) is 12.1 Å². The highest BCUT2D eigenvalue weighted by molar-refractivity contribution is 5.94. The van der Waals surface area contributed by atoms with Crippen LogP contribution in [0, 0.1) is 13.8 Å². The van der Waals surface area contributed by atoms with Crippen LogP contribution >= 0.6 is 0 Å². The lowest BCUT2D eigenvalue weighted by Gasteiger charge is -2.07. The van der Waals surface area contributed by atoms with Gasteiger partial charge in [0.15, 0.2) is 5.76 Å². The smallest absolute Gasteiger partial charge is 0.287 e. The van der Waals surface area contributed by atoms with E-state index in [1.807, 2.05) is 24.6 Å². The second-order valence-corrected chi connectivity index (χ2v) is 5.01. The molecule has 0 radical (unpaired) electrons. The van der Waals surface area contributed by atoms with Crippen molar-refractivity contribution < 1.29 is 14.0 Å². The molecule has 2 rings (SSSR count). The molecule has 0 aliphatic carbocycles. The van der Waals surface area contributed by atoms with Crippen LogP contribution in [-0.4, -0.2) is 34.7 Å². The fraction of sp³-hybridized carbons (Fsp3) is 0.400. The van der Waals surface area contributed by atoms with E-state index in [4.69, 9.17) is 4.42 Å². The number of rotatable bonds is 7. The molecule has 0 atom stereocenters. The van der Waals surface area contributed by atoms with Gasteiger partial charge in [-0.2, -0.15) is 5.10 Å². The predicted octanol–water partition coefficient (Wildman–Crippen LogP) is 1.03. The highest BCUT2D eigenvalue weighted by atomic mass is 16.3. The van der Waals surface area contributed by atoms with Gasteiger partial charge in [0.2, 0.25) is 5.91 Å². The molecule has 0 unspecified atom stereocenters. The highest BCUT2D eigenvalue weighted by Crippen LogP contribution is 2.02. The van der Waals surface area contributed by atoms with E-state index < -0.39 is 5.91 Å². The third-order valence-electron chi connectivity index (χ3n) is 3.13. The van der Waals surface area contributed by atoms with E-state index in [-0.39, 0.29) is 18.2 Å². The Morgan fingerprint density at radius 2 is 2.14 bits per heavy atom. The summed E-state index contributed by atoms with van der Waals surface area (Å²) < 4.78 is 6.85. The third kappa shape index (κ3) is 4.47. The summed E-state index contributed by atoms with van der Waals surface area (Å²) in [6.45, 7) is 5.17. The normalized spacial score (nSPS) is 10.5. The SMILES string of the molecule is Cc1cc(C)n(CCCNC(=O)CNC(=O)c2ccco2)n1. The van der Waals surface area contributed by atoms with Gasteiger partial charge in [-0.1, -0.05) is 0 Å². The molecule has 0 bridgehead atoms. The number of carbonyl (C=O) groups excluding carboxylic acids is 2. The van der Waals surface area contributed by atoms with Gasteiger partial charge in [-0.05, 0) is 38.5 Å². The molecular weight excluding hydrogens is 284 g/mol. The number of amides is 2. The molecular formula is C15H20N4O3. The van der Waals surface area contributed by atoms with E-state index >= 15 is 0 Å². The maximum atomic E-state index is 11.6. The molecule has 0 aliphatic heterocycles. The van der Waals surface area contributed by atoms with Crippen LogP contribution in [0.15, 0.2) is 28.9 Å². The number of aromatic nitrogens is 2. The quantitative estimate of drug-likeness (QED) is 0.748. The fourth-order valence-corrected chi connectivity index (χ4v) is 2.08. The zero-order valence-electron chi connectivity index (χ0n) is 12.8. The summed E-state index contributed by atoms with van der Waals surface area (Å²) in [5, 5.41) is 9.60. The van der Waals surface area contributed by atoms with E-state index in [2.05, 4.69) is 15.7 Å². The van der Waals surface area contributed by atoms with Crippen LogP contribution in [-0.2, 0) is 11.3 Å².